The van der Waals surface area contributed by atoms with Gasteiger partial charge in [-0.3, -0.25) is 4.79 Å². The Hall–Kier alpha value is -2.23. The topological polar surface area (TPSA) is 26.3 Å². The van der Waals surface area contributed by atoms with Gasteiger partial charge in [0, 0.05) is 18.4 Å². The van der Waals surface area contributed by atoms with E-state index in [2.05, 4.69) is 0 Å². The number of carbonyl (C=O) groups is 1. The van der Waals surface area contributed by atoms with Crippen LogP contribution in [0, 0.1) is 11.6 Å². The zero-order valence-electron chi connectivity index (χ0n) is 10.8. The van der Waals surface area contributed by atoms with Crippen LogP contribution in [0.3, 0.4) is 0 Å². The van der Waals surface area contributed by atoms with E-state index < -0.39 is 11.6 Å². The minimum absolute atomic E-state index is 0.114. The Labute approximate surface area is 116 Å². The molecule has 2 aromatic carbocycles. The van der Waals surface area contributed by atoms with Gasteiger partial charge in [-0.1, -0.05) is 24.3 Å². The maximum Gasteiger partial charge on any atom is 0.140 e. The normalized spacial score (nSPS) is 10.3. The van der Waals surface area contributed by atoms with Gasteiger partial charge in [0.05, 0.1) is 6.61 Å². The molecule has 0 heterocycles. The maximum atomic E-state index is 13.4. The molecule has 0 aliphatic heterocycles. The first-order chi connectivity index (χ1) is 9.66. The van der Waals surface area contributed by atoms with Gasteiger partial charge in [-0.2, -0.15) is 0 Å². The number of hydrogen-bond acceptors (Lipinski definition) is 2. The summed E-state index contributed by atoms with van der Waals surface area (Å²) in [6.07, 6.45) is -0.140. The lowest BCUT2D eigenvalue weighted by Crippen LogP contribution is -2.11. The molecule has 2 aromatic rings. The molecule has 0 N–H and O–H groups in total. The first kappa shape index (κ1) is 14.2. The van der Waals surface area contributed by atoms with E-state index >= 15 is 0 Å². The van der Waals surface area contributed by atoms with Gasteiger partial charge in [0.15, 0.2) is 0 Å². The van der Waals surface area contributed by atoms with E-state index in [0.717, 1.165) is 12.1 Å². The highest BCUT2D eigenvalue weighted by Gasteiger charge is 2.12. The first-order valence-corrected chi connectivity index (χ1v) is 6.29. The maximum absolute atomic E-state index is 13.4. The number of para-hydroxylation sites is 1. The lowest BCUT2D eigenvalue weighted by Gasteiger charge is -2.06. The van der Waals surface area contributed by atoms with Crippen molar-refractivity contribution >= 4 is 5.78 Å². The molecule has 20 heavy (non-hydrogen) atoms. The van der Waals surface area contributed by atoms with Crippen LogP contribution in [0.15, 0.2) is 48.5 Å². The number of ketones is 1. The van der Waals surface area contributed by atoms with E-state index in [9.17, 15) is 13.6 Å². The number of rotatable bonds is 6. The second-order valence-electron chi connectivity index (χ2n) is 4.33. The molecule has 2 rings (SSSR count). The smallest absolute Gasteiger partial charge is 0.140 e. The fourth-order valence-corrected chi connectivity index (χ4v) is 1.79. The monoisotopic (exact) mass is 276 g/mol. The molecular weight excluding hydrogens is 262 g/mol. The number of carbonyl (C=O) groups excluding carboxylic acids is 1. The highest BCUT2D eigenvalue weighted by Crippen LogP contribution is 2.14. The van der Waals surface area contributed by atoms with Crippen LogP contribution in [0.25, 0.3) is 0 Å². The highest BCUT2D eigenvalue weighted by atomic mass is 19.1. The summed E-state index contributed by atoms with van der Waals surface area (Å²) < 4.78 is 32.1. The highest BCUT2D eigenvalue weighted by molar-refractivity contribution is 5.81. The van der Waals surface area contributed by atoms with Crippen molar-refractivity contribution in [2.75, 3.05) is 6.61 Å². The molecule has 0 bridgehead atoms. The minimum Gasteiger partial charge on any atom is -0.493 e. The Bertz CT molecular complexity index is 562. The van der Waals surface area contributed by atoms with Crippen molar-refractivity contribution < 1.29 is 18.3 Å². The molecule has 0 aromatic heterocycles. The second-order valence-corrected chi connectivity index (χ2v) is 4.33. The zero-order valence-corrected chi connectivity index (χ0v) is 10.8. The summed E-state index contributed by atoms with van der Waals surface area (Å²) in [7, 11) is 0. The molecule has 0 radical (unpaired) electrons. The van der Waals surface area contributed by atoms with Crippen LogP contribution in [0.1, 0.15) is 12.0 Å². The predicted molar refractivity (Wildman–Crippen MR) is 71.6 cm³/mol. The zero-order chi connectivity index (χ0) is 14.4. The summed E-state index contributed by atoms with van der Waals surface area (Å²) >= 11 is 0. The van der Waals surface area contributed by atoms with Gasteiger partial charge >= 0.3 is 0 Å². The van der Waals surface area contributed by atoms with Crippen LogP contribution in [-0.4, -0.2) is 12.4 Å². The molecular formula is C16H14F2O2. The summed E-state index contributed by atoms with van der Waals surface area (Å²) in [5, 5.41) is 0. The number of halogens is 2. The SMILES string of the molecule is O=C(CCOc1ccccc1)Cc1c(F)cccc1F. The van der Waals surface area contributed by atoms with Gasteiger partial charge in [-0.25, -0.2) is 8.78 Å². The number of ether oxygens (including phenoxy) is 1. The Morgan fingerprint density at radius 2 is 1.60 bits per heavy atom. The molecule has 0 aliphatic carbocycles. The third-order valence-corrected chi connectivity index (χ3v) is 2.83. The molecule has 2 nitrogen and oxygen atoms in total. The Kier molecular flexibility index (Phi) is 4.82. The van der Waals surface area contributed by atoms with Crippen molar-refractivity contribution in [3.05, 3.63) is 65.7 Å². The fraction of sp³-hybridized carbons (Fsp3) is 0.188. The van der Waals surface area contributed by atoms with Gasteiger partial charge in [0.25, 0.3) is 0 Å². The second kappa shape index (κ2) is 6.80. The molecule has 0 saturated heterocycles. The van der Waals surface area contributed by atoms with Crippen molar-refractivity contribution in [2.45, 2.75) is 12.8 Å². The van der Waals surface area contributed by atoms with E-state index in [-0.39, 0.29) is 30.8 Å². The standard InChI is InChI=1S/C16H14F2O2/c17-15-7-4-8-16(18)14(15)11-12(19)9-10-20-13-5-2-1-3-6-13/h1-8H,9-11H2. The Morgan fingerprint density at radius 1 is 0.950 bits per heavy atom. The lowest BCUT2D eigenvalue weighted by atomic mass is 10.1. The summed E-state index contributed by atoms with van der Waals surface area (Å²) in [5.74, 6) is -0.980. The van der Waals surface area contributed by atoms with E-state index in [1.807, 2.05) is 18.2 Å². The summed E-state index contributed by atoms with van der Waals surface area (Å²) in [5.41, 5.74) is -0.183. The third-order valence-electron chi connectivity index (χ3n) is 2.83. The van der Waals surface area contributed by atoms with E-state index in [4.69, 9.17) is 4.74 Å². The molecule has 104 valence electrons. The van der Waals surface area contributed by atoms with Crippen LogP contribution in [0.5, 0.6) is 5.75 Å². The number of benzene rings is 2. The molecule has 0 fully saturated rings. The average Bonchev–Trinajstić information content (AvgIpc) is 2.44. The molecule has 0 saturated carbocycles. The molecule has 0 atom stereocenters. The van der Waals surface area contributed by atoms with Gasteiger partial charge < -0.3 is 4.74 Å². The van der Waals surface area contributed by atoms with E-state index in [0.29, 0.717) is 5.75 Å². The molecule has 4 heteroatoms. The van der Waals surface area contributed by atoms with Crippen LogP contribution >= 0.6 is 0 Å². The molecule has 0 amide bonds. The number of Topliss-reactive ketones (excluding diaryl/α,β-unsaturated/α-hetero) is 1. The minimum atomic E-state index is -0.692. The van der Waals surface area contributed by atoms with Crippen LogP contribution < -0.4 is 4.74 Å². The van der Waals surface area contributed by atoms with E-state index in [1.54, 1.807) is 12.1 Å². The van der Waals surface area contributed by atoms with Gasteiger partial charge in [0.2, 0.25) is 0 Å². The largest absolute Gasteiger partial charge is 0.493 e. The fourth-order valence-electron chi connectivity index (χ4n) is 1.79. The first-order valence-electron chi connectivity index (χ1n) is 6.29. The predicted octanol–water partition coefficient (Wildman–Crippen LogP) is 3.55. The van der Waals surface area contributed by atoms with Crippen molar-refractivity contribution in [1.82, 2.24) is 0 Å². The molecule has 0 aliphatic rings. The van der Waals surface area contributed by atoms with Crippen LogP contribution in [0.2, 0.25) is 0 Å². The summed E-state index contributed by atoms with van der Waals surface area (Å²) in [4.78, 5) is 11.7. The van der Waals surface area contributed by atoms with Gasteiger partial charge in [-0.05, 0) is 24.3 Å². The van der Waals surface area contributed by atoms with Crippen LogP contribution in [0.4, 0.5) is 8.78 Å². The Morgan fingerprint density at radius 3 is 2.25 bits per heavy atom. The third kappa shape index (κ3) is 3.88. The van der Waals surface area contributed by atoms with Gasteiger partial charge in [0.1, 0.15) is 23.2 Å². The Balaban J connectivity index is 1.84. The van der Waals surface area contributed by atoms with Crippen LogP contribution in [-0.2, 0) is 11.2 Å². The summed E-state index contributed by atoms with van der Waals surface area (Å²) in [6.45, 7) is 0.193. The molecule has 0 spiro atoms. The van der Waals surface area contributed by atoms with Crippen molar-refractivity contribution in [2.24, 2.45) is 0 Å². The molecule has 0 unspecified atom stereocenters. The summed E-state index contributed by atoms with van der Waals surface area (Å²) in [6, 6.07) is 12.6. The van der Waals surface area contributed by atoms with E-state index in [1.165, 1.54) is 6.07 Å². The van der Waals surface area contributed by atoms with Crippen molar-refractivity contribution in [3.8, 4) is 5.75 Å². The van der Waals surface area contributed by atoms with Gasteiger partial charge in [-0.15, -0.1) is 0 Å². The quantitative estimate of drug-likeness (QED) is 0.806. The average molecular weight is 276 g/mol. The van der Waals surface area contributed by atoms with Crippen molar-refractivity contribution in [1.29, 1.82) is 0 Å². The lowest BCUT2D eigenvalue weighted by molar-refractivity contribution is -0.119. The van der Waals surface area contributed by atoms with Crippen molar-refractivity contribution in [3.63, 3.8) is 0 Å². The number of hydrogen-bond donors (Lipinski definition) is 0.